The molecule has 1 heterocycles. The van der Waals surface area contributed by atoms with E-state index < -0.39 is 29.0 Å². The largest absolute Gasteiger partial charge is 0.322 e. The molecule has 0 atom stereocenters. The number of nitrogens with one attached hydrogen (secondary N) is 1. The SMILES string of the molecule is Cc1ccc(-c2nnn(CC(=O)Nc3ccc(F)c(F)c3F)n2)cc1. The molecule has 1 aromatic heterocycles. The van der Waals surface area contributed by atoms with E-state index >= 15 is 0 Å². The number of carbonyl (C=O) groups excluding carboxylic acids is 1. The maximum Gasteiger partial charge on any atom is 0.248 e. The Morgan fingerprint density at radius 3 is 2.52 bits per heavy atom. The minimum absolute atomic E-state index is 0.326. The normalized spacial score (nSPS) is 10.7. The van der Waals surface area contributed by atoms with E-state index in [1.54, 1.807) is 0 Å². The van der Waals surface area contributed by atoms with Gasteiger partial charge in [0.2, 0.25) is 11.7 Å². The van der Waals surface area contributed by atoms with Gasteiger partial charge in [0, 0.05) is 5.56 Å². The van der Waals surface area contributed by atoms with Gasteiger partial charge in [-0.25, -0.2) is 13.2 Å². The molecule has 0 radical (unpaired) electrons. The van der Waals surface area contributed by atoms with Gasteiger partial charge in [-0.15, -0.1) is 10.2 Å². The monoisotopic (exact) mass is 347 g/mol. The Hall–Kier alpha value is -3.23. The van der Waals surface area contributed by atoms with Crippen LogP contribution in [0, 0.1) is 24.4 Å². The van der Waals surface area contributed by atoms with Gasteiger partial charge in [-0.05, 0) is 24.3 Å². The van der Waals surface area contributed by atoms with Gasteiger partial charge in [0.25, 0.3) is 0 Å². The zero-order valence-electron chi connectivity index (χ0n) is 13.0. The molecule has 1 amide bonds. The number of halogens is 3. The molecule has 0 aliphatic heterocycles. The summed E-state index contributed by atoms with van der Waals surface area (Å²) in [5, 5.41) is 13.8. The third kappa shape index (κ3) is 3.65. The summed E-state index contributed by atoms with van der Waals surface area (Å²) < 4.78 is 39.6. The lowest BCUT2D eigenvalue weighted by Crippen LogP contribution is -2.21. The first-order valence-electron chi connectivity index (χ1n) is 7.22. The van der Waals surface area contributed by atoms with E-state index in [0.717, 1.165) is 28.1 Å². The number of hydrogen-bond donors (Lipinski definition) is 1. The van der Waals surface area contributed by atoms with Gasteiger partial charge in [0.15, 0.2) is 17.5 Å². The smallest absolute Gasteiger partial charge is 0.248 e. The quantitative estimate of drug-likeness (QED) is 0.737. The minimum atomic E-state index is -1.65. The van der Waals surface area contributed by atoms with E-state index in [1.807, 2.05) is 31.2 Å². The van der Waals surface area contributed by atoms with Crippen molar-refractivity contribution in [2.75, 3.05) is 5.32 Å². The lowest BCUT2D eigenvalue weighted by molar-refractivity contribution is -0.117. The van der Waals surface area contributed by atoms with E-state index in [-0.39, 0.29) is 6.54 Å². The van der Waals surface area contributed by atoms with Crippen LogP contribution in [0.4, 0.5) is 18.9 Å². The van der Waals surface area contributed by atoms with Crippen LogP contribution in [0.1, 0.15) is 5.56 Å². The first kappa shape index (κ1) is 16.6. The highest BCUT2D eigenvalue weighted by molar-refractivity contribution is 5.90. The molecule has 0 spiro atoms. The lowest BCUT2D eigenvalue weighted by Gasteiger charge is -2.06. The summed E-state index contributed by atoms with van der Waals surface area (Å²) in [6.07, 6.45) is 0. The predicted octanol–water partition coefficient (Wildman–Crippen LogP) is 2.70. The van der Waals surface area contributed by atoms with Gasteiger partial charge < -0.3 is 5.32 Å². The number of rotatable bonds is 4. The van der Waals surface area contributed by atoms with E-state index in [2.05, 4.69) is 20.7 Å². The van der Waals surface area contributed by atoms with Crippen LogP contribution in [0.25, 0.3) is 11.4 Å². The van der Waals surface area contributed by atoms with Gasteiger partial charge in [-0.2, -0.15) is 4.80 Å². The molecule has 0 fully saturated rings. The fourth-order valence-corrected chi connectivity index (χ4v) is 2.07. The topological polar surface area (TPSA) is 72.7 Å². The van der Waals surface area contributed by atoms with Gasteiger partial charge in [-0.3, -0.25) is 4.79 Å². The number of aromatic nitrogens is 4. The molecule has 25 heavy (non-hydrogen) atoms. The lowest BCUT2D eigenvalue weighted by atomic mass is 10.1. The fourth-order valence-electron chi connectivity index (χ4n) is 2.07. The number of nitrogens with zero attached hydrogens (tertiary/aromatic N) is 4. The van der Waals surface area contributed by atoms with Crippen LogP contribution < -0.4 is 5.32 Å². The van der Waals surface area contributed by atoms with Gasteiger partial charge >= 0.3 is 0 Å². The van der Waals surface area contributed by atoms with Crippen molar-refractivity contribution in [3.63, 3.8) is 0 Å². The van der Waals surface area contributed by atoms with E-state index in [4.69, 9.17) is 0 Å². The van der Waals surface area contributed by atoms with Crippen LogP contribution in [0.5, 0.6) is 0 Å². The number of carbonyl (C=O) groups is 1. The summed E-state index contributed by atoms with van der Waals surface area (Å²) in [7, 11) is 0. The molecular weight excluding hydrogens is 335 g/mol. The highest BCUT2D eigenvalue weighted by atomic mass is 19.2. The number of tetrazole rings is 1. The number of amides is 1. The Morgan fingerprint density at radius 1 is 1.08 bits per heavy atom. The van der Waals surface area contributed by atoms with Gasteiger partial charge in [0.1, 0.15) is 6.54 Å². The maximum absolute atomic E-state index is 13.5. The summed E-state index contributed by atoms with van der Waals surface area (Å²) in [5.41, 5.74) is 1.33. The Balaban J connectivity index is 1.70. The molecule has 1 N–H and O–H groups in total. The predicted molar refractivity (Wildman–Crippen MR) is 82.9 cm³/mol. The third-order valence-electron chi connectivity index (χ3n) is 3.36. The zero-order valence-corrected chi connectivity index (χ0v) is 13.0. The van der Waals surface area contributed by atoms with Gasteiger partial charge in [-0.1, -0.05) is 29.8 Å². The summed E-state index contributed by atoms with van der Waals surface area (Å²) >= 11 is 0. The van der Waals surface area contributed by atoms with Crippen molar-refractivity contribution in [1.82, 2.24) is 20.2 Å². The molecular formula is C16H12F3N5O. The second-order valence-electron chi connectivity index (χ2n) is 5.28. The second kappa shape index (κ2) is 6.71. The fraction of sp³-hybridized carbons (Fsp3) is 0.125. The molecule has 0 saturated carbocycles. The number of anilines is 1. The van der Waals surface area contributed by atoms with Crippen molar-refractivity contribution >= 4 is 11.6 Å². The average Bonchev–Trinajstić information content (AvgIpc) is 3.04. The molecule has 0 aliphatic rings. The molecule has 0 unspecified atom stereocenters. The highest BCUT2D eigenvalue weighted by Crippen LogP contribution is 2.19. The molecule has 0 aliphatic carbocycles. The Kier molecular flexibility index (Phi) is 4.46. The van der Waals surface area contributed by atoms with Crippen LogP contribution in [-0.4, -0.2) is 26.1 Å². The Bertz CT molecular complexity index is 924. The summed E-state index contributed by atoms with van der Waals surface area (Å²) in [4.78, 5) is 12.9. The Morgan fingerprint density at radius 2 is 1.80 bits per heavy atom. The van der Waals surface area contributed by atoms with Crippen LogP contribution in [0.3, 0.4) is 0 Å². The van der Waals surface area contributed by atoms with Crippen molar-refractivity contribution in [3.8, 4) is 11.4 Å². The molecule has 0 bridgehead atoms. The number of benzene rings is 2. The van der Waals surface area contributed by atoms with Crippen molar-refractivity contribution < 1.29 is 18.0 Å². The maximum atomic E-state index is 13.5. The van der Waals surface area contributed by atoms with E-state index in [0.29, 0.717) is 5.82 Å². The average molecular weight is 347 g/mol. The van der Waals surface area contributed by atoms with Crippen molar-refractivity contribution in [2.45, 2.75) is 13.5 Å². The van der Waals surface area contributed by atoms with Crippen LogP contribution in [-0.2, 0) is 11.3 Å². The van der Waals surface area contributed by atoms with E-state index in [1.165, 1.54) is 0 Å². The van der Waals surface area contributed by atoms with Crippen molar-refractivity contribution in [3.05, 3.63) is 59.4 Å². The highest BCUT2D eigenvalue weighted by Gasteiger charge is 2.16. The molecule has 0 saturated heterocycles. The molecule has 6 nitrogen and oxygen atoms in total. The molecule has 3 rings (SSSR count). The first-order valence-corrected chi connectivity index (χ1v) is 7.22. The summed E-state index contributed by atoms with van der Waals surface area (Å²) in [5.74, 6) is -4.85. The van der Waals surface area contributed by atoms with E-state index in [9.17, 15) is 18.0 Å². The molecule has 3 aromatic rings. The third-order valence-corrected chi connectivity index (χ3v) is 3.36. The van der Waals surface area contributed by atoms with Crippen molar-refractivity contribution in [2.24, 2.45) is 0 Å². The first-order chi connectivity index (χ1) is 11.9. The van der Waals surface area contributed by atoms with Crippen molar-refractivity contribution in [1.29, 1.82) is 0 Å². The van der Waals surface area contributed by atoms with Crippen LogP contribution in [0.2, 0.25) is 0 Å². The Labute approximate surface area is 140 Å². The molecule has 128 valence electrons. The minimum Gasteiger partial charge on any atom is -0.322 e. The van der Waals surface area contributed by atoms with Gasteiger partial charge in [0.05, 0.1) is 5.69 Å². The number of hydrogen-bond acceptors (Lipinski definition) is 4. The molecule has 9 heteroatoms. The number of aryl methyl sites for hydroxylation is 1. The summed E-state index contributed by atoms with van der Waals surface area (Å²) in [6, 6.07) is 9.04. The standard InChI is InChI=1S/C16H12F3N5O/c1-9-2-4-10(5-3-9)16-21-23-24(22-16)8-13(25)20-12-7-6-11(17)14(18)15(12)19/h2-7H,8H2,1H3,(H,20,25). The van der Waals surface area contributed by atoms with Crippen LogP contribution >= 0.6 is 0 Å². The van der Waals surface area contributed by atoms with Crippen LogP contribution in [0.15, 0.2) is 36.4 Å². The molecule has 2 aromatic carbocycles. The summed E-state index contributed by atoms with van der Waals surface area (Å²) in [6.45, 7) is 1.58. The second-order valence-corrected chi connectivity index (χ2v) is 5.28. The zero-order chi connectivity index (χ0) is 18.0.